The molecule has 7 heteroatoms. The molecule has 0 heterocycles. The molecule has 0 atom stereocenters. The molecule has 0 aliphatic heterocycles. The van der Waals surface area contributed by atoms with Gasteiger partial charge in [-0.1, -0.05) is 13.3 Å². The third-order valence-corrected chi connectivity index (χ3v) is 3.79. The normalized spacial score (nSPS) is 10.9. The van der Waals surface area contributed by atoms with Crippen LogP contribution in [0.1, 0.15) is 61.3 Å². The molecule has 0 aliphatic rings. The summed E-state index contributed by atoms with van der Waals surface area (Å²) in [6, 6.07) is 3.11. The van der Waals surface area contributed by atoms with Crippen LogP contribution >= 0.6 is 11.8 Å². The Morgan fingerprint density at radius 3 is 2.44 bits per heavy atom. The van der Waals surface area contributed by atoms with E-state index in [4.69, 9.17) is 14.2 Å². The number of esters is 1. The van der Waals surface area contributed by atoms with Crippen LogP contribution in [-0.4, -0.2) is 36.9 Å². The Balaban J connectivity index is 3.24. The number of rotatable bonds is 7. The minimum Gasteiger partial charge on any atom is -0.462 e. The molecule has 1 aromatic rings. The number of aldehydes is 1. The van der Waals surface area contributed by atoms with E-state index in [1.165, 1.54) is 17.8 Å². The fourth-order valence-corrected chi connectivity index (χ4v) is 2.47. The average Bonchev–Trinajstić information content (AvgIpc) is 2.52. The van der Waals surface area contributed by atoms with Gasteiger partial charge in [0.1, 0.15) is 11.2 Å². The van der Waals surface area contributed by atoms with Gasteiger partial charge >= 0.3 is 12.1 Å². The zero-order valence-corrected chi connectivity index (χ0v) is 16.0. The van der Waals surface area contributed by atoms with Crippen molar-refractivity contribution in [3.05, 3.63) is 23.3 Å². The van der Waals surface area contributed by atoms with Gasteiger partial charge in [0, 0.05) is 4.90 Å². The van der Waals surface area contributed by atoms with Gasteiger partial charge in [-0.05, 0) is 45.6 Å². The molecule has 0 saturated carbocycles. The number of ether oxygens (including phenoxy) is 3. The van der Waals surface area contributed by atoms with Crippen LogP contribution in [0.15, 0.2) is 17.0 Å². The summed E-state index contributed by atoms with van der Waals surface area (Å²) in [5.74, 6) is -0.780. The molecule has 0 fully saturated rings. The maximum atomic E-state index is 12.5. The van der Waals surface area contributed by atoms with Gasteiger partial charge in [0.2, 0.25) is 0 Å². The zero-order chi connectivity index (χ0) is 19.0. The monoisotopic (exact) mass is 368 g/mol. The molecular formula is C18H24O6S. The minimum atomic E-state index is -0.989. The molecule has 0 radical (unpaired) electrons. The predicted molar refractivity (Wildman–Crippen MR) is 95.7 cm³/mol. The van der Waals surface area contributed by atoms with Gasteiger partial charge in [0.15, 0.2) is 12.0 Å². The molecule has 0 N–H and O–H groups in total. The van der Waals surface area contributed by atoms with Gasteiger partial charge in [0.25, 0.3) is 0 Å². The molecular weight excluding hydrogens is 344 g/mol. The number of unbranched alkanes of at least 4 members (excludes halogenated alkanes) is 1. The van der Waals surface area contributed by atoms with Gasteiger partial charge in [0.05, 0.1) is 12.2 Å². The van der Waals surface area contributed by atoms with E-state index in [-0.39, 0.29) is 23.5 Å². The number of hydrogen-bond acceptors (Lipinski definition) is 7. The molecule has 0 aliphatic carbocycles. The van der Waals surface area contributed by atoms with Crippen LogP contribution in [0.25, 0.3) is 0 Å². The van der Waals surface area contributed by atoms with Crippen molar-refractivity contribution in [2.45, 2.75) is 51.0 Å². The topological polar surface area (TPSA) is 78.9 Å². The van der Waals surface area contributed by atoms with Crippen LogP contribution in [0.3, 0.4) is 0 Å². The number of hydrogen-bond donors (Lipinski definition) is 0. The van der Waals surface area contributed by atoms with Crippen LogP contribution in [0.5, 0.6) is 5.75 Å². The smallest absolute Gasteiger partial charge is 0.462 e. The van der Waals surface area contributed by atoms with Crippen molar-refractivity contribution in [3.8, 4) is 5.75 Å². The number of carbonyl (C=O) groups is 3. The van der Waals surface area contributed by atoms with Crippen molar-refractivity contribution in [1.82, 2.24) is 0 Å². The lowest BCUT2D eigenvalue weighted by molar-refractivity contribution is 0.0200. The van der Waals surface area contributed by atoms with Crippen molar-refractivity contribution in [3.63, 3.8) is 0 Å². The first-order valence-electron chi connectivity index (χ1n) is 7.97. The maximum absolute atomic E-state index is 12.5. The lowest BCUT2D eigenvalue weighted by Gasteiger charge is -2.20. The van der Waals surface area contributed by atoms with Crippen molar-refractivity contribution >= 4 is 30.2 Å². The summed E-state index contributed by atoms with van der Waals surface area (Å²) >= 11 is 1.29. The summed E-state index contributed by atoms with van der Waals surface area (Å²) in [6.45, 7) is 7.29. The summed E-state index contributed by atoms with van der Waals surface area (Å²) in [6.07, 6.45) is 2.90. The van der Waals surface area contributed by atoms with Gasteiger partial charge in [-0.3, -0.25) is 4.79 Å². The molecule has 0 saturated heterocycles. The fourth-order valence-electron chi connectivity index (χ4n) is 1.88. The summed E-state index contributed by atoms with van der Waals surface area (Å²) in [7, 11) is 0. The standard InChI is InChI=1S/C18H24O6S/c1-6-7-10-22-16(20)14-13(25-5)9-8-12(11-19)15(14)23-17(21)24-18(2,3)4/h8-9,11H,6-7,10H2,1-5H3. The zero-order valence-electron chi connectivity index (χ0n) is 15.2. The summed E-state index contributed by atoms with van der Waals surface area (Å²) in [5.41, 5.74) is -0.637. The Hall–Kier alpha value is -2.02. The third-order valence-electron chi connectivity index (χ3n) is 3.01. The molecule has 0 bridgehead atoms. The molecule has 1 aromatic carbocycles. The van der Waals surface area contributed by atoms with Crippen molar-refractivity contribution < 1.29 is 28.6 Å². The maximum Gasteiger partial charge on any atom is 0.514 e. The predicted octanol–water partition coefficient (Wildman–Crippen LogP) is 4.49. The highest BCUT2D eigenvalue weighted by atomic mass is 32.2. The van der Waals surface area contributed by atoms with Crippen LogP contribution in [0.4, 0.5) is 4.79 Å². The quantitative estimate of drug-likeness (QED) is 0.231. The molecule has 0 aromatic heterocycles. The largest absolute Gasteiger partial charge is 0.514 e. The SMILES string of the molecule is CCCCOC(=O)c1c(SC)ccc(C=O)c1OC(=O)OC(C)(C)C. The van der Waals surface area contributed by atoms with E-state index in [1.54, 1.807) is 33.1 Å². The third kappa shape index (κ3) is 6.42. The van der Waals surface area contributed by atoms with Crippen LogP contribution < -0.4 is 4.74 Å². The van der Waals surface area contributed by atoms with Gasteiger partial charge in [-0.25, -0.2) is 9.59 Å². The Kier molecular flexibility index (Phi) is 7.96. The van der Waals surface area contributed by atoms with E-state index < -0.39 is 17.7 Å². The second-order valence-electron chi connectivity index (χ2n) is 6.23. The Labute approximate surface area is 152 Å². The van der Waals surface area contributed by atoms with Gasteiger partial charge < -0.3 is 14.2 Å². The second-order valence-corrected chi connectivity index (χ2v) is 7.08. The minimum absolute atomic E-state index is 0.0547. The lowest BCUT2D eigenvalue weighted by Crippen LogP contribution is -2.27. The van der Waals surface area contributed by atoms with Crippen LogP contribution in [0, 0.1) is 0 Å². The number of carbonyl (C=O) groups excluding carboxylic acids is 3. The van der Waals surface area contributed by atoms with E-state index >= 15 is 0 Å². The van der Waals surface area contributed by atoms with Gasteiger partial charge in [-0.15, -0.1) is 11.8 Å². The van der Waals surface area contributed by atoms with Gasteiger partial charge in [-0.2, -0.15) is 0 Å². The molecule has 6 nitrogen and oxygen atoms in total. The summed E-state index contributed by atoms with van der Waals surface area (Å²) in [5, 5.41) is 0. The van der Waals surface area contributed by atoms with Crippen molar-refractivity contribution in [2.24, 2.45) is 0 Å². The van der Waals surface area contributed by atoms with E-state index in [2.05, 4.69) is 0 Å². The Morgan fingerprint density at radius 1 is 1.24 bits per heavy atom. The van der Waals surface area contributed by atoms with E-state index in [1.807, 2.05) is 6.92 Å². The van der Waals surface area contributed by atoms with E-state index in [0.29, 0.717) is 11.2 Å². The first-order chi connectivity index (χ1) is 11.7. The lowest BCUT2D eigenvalue weighted by atomic mass is 10.1. The van der Waals surface area contributed by atoms with Crippen LogP contribution in [-0.2, 0) is 9.47 Å². The molecule has 25 heavy (non-hydrogen) atoms. The molecule has 138 valence electrons. The first-order valence-corrected chi connectivity index (χ1v) is 9.20. The van der Waals surface area contributed by atoms with E-state index in [9.17, 15) is 14.4 Å². The Bertz CT molecular complexity index is 633. The molecule has 1 rings (SSSR count). The first kappa shape index (κ1) is 21.0. The highest BCUT2D eigenvalue weighted by Crippen LogP contribution is 2.33. The molecule has 0 spiro atoms. The van der Waals surface area contributed by atoms with Crippen LogP contribution in [0.2, 0.25) is 0 Å². The number of thioether (sulfide) groups is 1. The molecule has 0 unspecified atom stereocenters. The van der Waals surface area contributed by atoms with E-state index in [0.717, 1.165) is 12.8 Å². The highest BCUT2D eigenvalue weighted by molar-refractivity contribution is 7.98. The highest BCUT2D eigenvalue weighted by Gasteiger charge is 2.26. The number of benzene rings is 1. The average molecular weight is 368 g/mol. The summed E-state index contributed by atoms with van der Waals surface area (Å²) in [4.78, 5) is 36.4. The summed E-state index contributed by atoms with van der Waals surface area (Å²) < 4.78 is 15.6. The Morgan fingerprint density at radius 2 is 1.92 bits per heavy atom. The second kappa shape index (κ2) is 9.46. The molecule has 0 amide bonds. The van der Waals surface area contributed by atoms with Crippen molar-refractivity contribution in [2.75, 3.05) is 12.9 Å². The fraction of sp³-hybridized carbons (Fsp3) is 0.500. The van der Waals surface area contributed by atoms with Crippen molar-refractivity contribution in [1.29, 1.82) is 0 Å².